The van der Waals surface area contributed by atoms with Crippen LogP contribution >= 0.6 is 0 Å². The molecule has 1 aliphatic heterocycles. The predicted molar refractivity (Wildman–Crippen MR) is 87.4 cm³/mol. The Bertz CT molecular complexity index is 445. The fraction of sp³-hybridized carbons (Fsp3) is 0.611. The molecule has 3 heteroatoms. The highest BCUT2D eigenvalue weighted by Crippen LogP contribution is 2.10. The number of nitrogens with zero attached hydrogens (tertiary/aromatic N) is 2. The summed E-state index contributed by atoms with van der Waals surface area (Å²) in [6.07, 6.45) is 1.48. The third-order valence-electron chi connectivity index (χ3n) is 4.10. The summed E-state index contributed by atoms with van der Waals surface area (Å²) in [6.45, 7) is 11.6. The van der Waals surface area contributed by atoms with Crippen LogP contribution in [0.15, 0.2) is 24.3 Å². The molecule has 0 aromatic heterocycles. The molecule has 1 aromatic rings. The second-order valence-electron chi connectivity index (χ2n) is 6.56. The summed E-state index contributed by atoms with van der Waals surface area (Å²) in [5.41, 5.74) is 2.53. The van der Waals surface area contributed by atoms with Gasteiger partial charge in [-0.1, -0.05) is 43.7 Å². The average Bonchev–Trinajstić information content (AvgIpc) is 2.46. The van der Waals surface area contributed by atoms with Crippen LogP contribution in [0, 0.1) is 12.8 Å². The van der Waals surface area contributed by atoms with E-state index in [1.54, 1.807) is 0 Å². The third kappa shape index (κ3) is 5.16. The summed E-state index contributed by atoms with van der Waals surface area (Å²) in [5, 5.41) is 0. The van der Waals surface area contributed by atoms with Crippen LogP contribution in [0.5, 0.6) is 0 Å². The van der Waals surface area contributed by atoms with Crippen molar-refractivity contribution in [3.8, 4) is 0 Å². The molecule has 1 aromatic carbocycles. The molecule has 0 unspecified atom stereocenters. The smallest absolute Gasteiger partial charge is 0.222 e. The number of piperazine rings is 1. The van der Waals surface area contributed by atoms with E-state index in [4.69, 9.17) is 0 Å². The highest BCUT2D eigenvalue weighted by atomic mass is 16.2. The molecule has 1 heterocycles. The lowest BCUT2D eigenvalue weighted by atomic mass is 10.1. The van der Waals surface area contributed by atoms with E-state index in [1.807, 2.05) is 4.90 Å². The molecule has 1 aliphatic rings. The van der Waals surface area contributed by atoms with Gasteiger partial charge < -0.3 is 4.90 Å². The lowest BCUT2D eigenvalue weighted by Crippen LogP contribution is -2.49. The minimum atomic E-state index is 0.305. The van der Waals surface area contributed by atoms with Crippen molar-refractivity contribution in [3.63, 3.8) is 0 Å². The first-order valence-corrected chi connectivity index (χ1v) is 8.10. The van der Waals surface area contributed by atoms with Crippen LogP contribution in [0.4, 0.5) is 0 Å². The maximum Gasteiger partial charge on any atom is 0.222 e. The minimum absolute atomic E-state index is 0.305. The number of carbonyl (C=O) groups is 1. The van der Waals surface area contributed by atoms with Crippen LogP contribution in [0.1, 0.15) is 31.4 Å². The van der Waals surface area contributed by atoms with Gasteiger partial charge in [0, 0.05) is 39.1 Å². The summed E-state index contributed by atoms with van der Waals surface area (Å²) in [6, 6.07) is 8.49. The van der Waals surface area contributed by atoms with E-state index in [0.717, 1.165) is 39.1 Å². The van der Waals surface area contributed by atoms with E-state index in [9.17, 15) is 4.79 Å². The summed E-state index contributed by atoms with van der Waals surface area (Å²) >= 11 is 0. The molecule has 0 N–H and O–H groups in total. The quantitative estimate of drug-likeness (QED) is 0.832. The first kappa shape index (κ1) is 16.0. The maximum atomic E-state index is 12.3. The number of amides is 1. The normalized spacial score (nSPS) is 16.5. The number of rotatable bonds is 5. The summed E-state index contributed by atoms with van der Waals surface area (Å²) in [5.74, 6) is 1.01. The van der Waals surface area contributed by atoms with Gasteiger partial charge in [0.05, 0.1) is 0 Å². The SMILES string of the molecule is Cc1ccc(CCC(=O)N2CCN(CC(C)C)CC2)cc1. The average molecular weight is 288 g/mol. The van der Waals surface area contributed by atoms with Crippen molar-refractivity contribution >= 4 is 5.91 Å². The van der Waals surface area contributed by atoms with Gasteiger partial charge in [0.25, 0.3) is 0 Å². The summed E-state index contributed by atoms with van der Waals surface area (Å²) in [4.78, 5) is 16.8. The molecule has 1 fully saturated rings. The van der Waals surface area contributed by atoms with E-state index in [1.165, 1.54) is 11.1 Å². The van der Waals surface area contributed by atoms with Crippen molar-refractivity contribution in [2.75, 3.05) is 32.7 Å². The van der Waals surface area contributed by atoms with E-state index in [0.29, 0.717) is 18.2 Å². The molecule has 1 amide bonds. The molecule has 0 saturated carbocycles. The van der Waals surface area contributed by atoms with Gasteiger partial charge in [-0.15, -0.1) is 0 Å². The Morgan fingerprint density at radius 3 is 2.29 bits per heavy atom. The van der Waals surface area contributed by atoms with Crippen molar-refractivity contribution in [3.05, 3.63) is 35.4 Å². The van der Waals surface area contributed by atoms with Crippen molar-refractivity contribution in [2.24, 2.45) is 5.92 Å². The maximum absolute atomic E-state index is 12.3. The Hall–Kier alpha value is -1.35. The number of hydrogen-bond donors (Lipinski definition) is 0. The summed E-state index contributed by atoms with van der Waals surface area (Å²) < 4.78 is 0. The van der Waals surface area contributed by atoms with Gasteiger partial charge in [-0.3, -0.25) is 9.69 Å². The van der Waals surface area contributed by atoms with E-state index in [-0.39, 0.29) is 0 Å². The van der Waals surface area contributed by atoms with Gasteiger partial charge in [-0.05, 0) is 24.8 Å². The molecule has 2 rings (SSSR count). The van der Waals surface area contributed by atoms with Crippen molar-refractivity contribution in [1.82, 2.24) is 9.80 Å². The molecule has 116 valence electrons. The van der Waals surface area contributed by atoms with Crippen LogP contribution in [0.2, 0.25) is 0 Å². The molecule has 0 radical (unpaired) electrons. The number of benzene rings is 1. The van der Waals surface area contributed by atoms with E-state index < -0.39 is 0 Å². The van der Waals surface area contributed by atoms with Gasteiger partial charge in [-0.25, -0.2) is 0 Å². The molecule has 0 aliphatic carbocycles. The fourth-order valence-corrected chi connectivity index (χ4v) is 2.86. The van der Waals surface area contributed by atoms with Crippen LogP contribution in [0.25, 0.3) is 0 Å². The second-order valence-corrected chi connectivity index (χ2v) is 6.56. The molecular weight excluding hydrogens is 260 g/mol. The van der Waals surface area contributed by atoms with Crippen LogP contribution in [0.3, 0.4) is 0 Å². The summed E-state index contributed by atoms with van der Waals surface area (Å²) in [7, 11) is 0. The zero-order valence-electron chi connectivity index (χ0n) is 13.6. The highest BCUT2D eigenvalue weighted by molar-refractivity contribution is 5.76. The zero-order valence-corrected chi connectivity index (χ0v) is 13.6. The topological polar surface area (TPSA) is 23.6 Å². The first-order valence-electron chi connectivity index (χ1n) is 8.10. The van der Waals surface area contributed by atoms with E-state index in [2.05, 4.69) is 49.9 Å². The van der Waals surface area contributed by atoms with Crippen molar-refractivity contribution < 1.29 is 4.79 Å². The van der Waals surface area contributed by atoms with E-state index >= 15 is 0 Å². The molecule has 0 atom stereocenters. The number of aryl methyl sites for hydroxylation is 2. The Labute approximate surface area is 128 Å². The molecule has 3 nitrogen and oxygen atoms in total. The monoisotopic (exact) mass is 288 g/mol. The Morgan fingerprint density at radius 1 is 1.10 bits per heavy atom. The molecule has 1 saturated heterocycles. The Morgan fingerprint density at radius 2 is 1.71 bits per heavy atom. The van der Waals surface area contributed by atoms with Gasteiger partial charge in [0.2, 0.25) is 5.91 Å². The largest absolute Gasteiger partial charge is 0.340 e. The lowest BCUT2D eigenvalue weighted by molar-refractivity contribution is -0.132. The van der Waals surface area contributed by atoms with Gasteiger partial charge in [0.15, 0.2) is 0 Å². The first-order chi connectivity index (χ1) is 10.0. The highest BCUT2D eigenvalue weighted by Gasteiger charge is 2.20. The predicted octanol–water partition coefficient (Wildman–Crippen LogP) is 2.73. The van der Waals surface area contributed by atoms with Crippen molar-refractivity contribution in [1.29, 1.82) is 0 Å². The van der Waals surface area contributed by atoms with Crippen molar-refractivity contribution in [2.45, 2.75) is 33.6 Å². The number of carbonyl (C=O) groups excluding carboxylic acids is 1. The fourth-order valence-electron chi connectivity index (χ4n) is 2.86. The van der Waals surface area contributed by atoms with Gasteiger partial charge in [0.1, 0.15) is 0 Å². The second kappa shape index (κ2) is 7.60. The number of hydrogen-bond acceptors (Lipinski definition) is 2. The molecule has 0 spiro atoms. The third-order valence-corrected chi connectivity index (χ3v) is 4.10. The van der Waals surface area contributed by atoms with Gasteiger partial charge >= 0.3 is 0 Å². The van der Waals surface area contributed by atoms with Crippen LogP contribution in [-0.4, -0.2) is 48.4 Å². The Balaban J connectivity index is 1.73. The molecule has 0 bridgehead atoms. The van der Waals surface area contributed by atoms with Crippen LogP contribution in [-0.2, 0) is 11.2 Å². The zero-order chi connectivity index (χ0) is 15.2. The van der Waals surface area contributed by atoms with Gasteiger partial charge in [-0.2, -0.15) is 0 Å². The van der Waals surface area contributed by atoms with Crippen LogP contribution < -0.4 is 0 Å². The molecule has 21 heavy (non-hydrogen) atoms. The minimum Gasteiger partial charge on any atom is -0.340 e. The standard InChI is InChI=1S/C18H28N2O/c1-15(2)14-19-10-12-20(13-11-19)18(21)9-8-17-6-4-16(3)5-7-17/h4-7,15H,8-14H2,1-3H3. The lowest BCUT2D eigenvalue weighted by Gasteiger charge is -2.35. The Kier molecular flexibility index (Phi) is 5.80. The molecular formula is C18H28N2O.